The molecule has 30 heavy (non-hydrogen) atoms. The Bertz CT molecular complexity index is 1070. The van der Waals surface area contributed by atoms with Crippen molar-refractivity contribution in [3.05, 3.63) is 41.9 Å². The third-order valence-electron chi connectivity index (χ3n) is 6.20. The Morgan fingerprint density at radius 1 is 1.23 bits per heavy atom. The summed E-state index contributed by atoms with van der Waals surface area (Å²) in [4.78, 5) is 14.6. The Balaban J connectivity index is 1.38. The third-order valence-corrected chi connectivity index (χ3v) is 6.20. The van der Waals surface area contributed by atoms with E-state index in [0.717, 1.165) is 60.1 Å². The van der Waals surface area contributed by atoms with Crippen LogP contribution >= 0.6 is 0 Å². The highest BCUT2D eigenvalue weighted by Gasteiger charge is 2.39. The van der Waals surface area contributed by atoms with Crippen LogP contribution in [0.5, 0.6) is 0 Å². The molecule has 2 bridgehead atoms. The summed E-state index contributed by atoms with van der Waals surface area (Å²) in [5, 5.41) is 20.6. The first kappa shape index (κ1) is 19.0. The minimum absolute atomic E-state index is 0.551. The number of anilines is 2. The monoisotopic (exact) mass is 402 g/mol. The smallest absolute Gasteiger partial charge is 0.153 e. The van der Waals surface area contributed by atoms with Crippen molar-refractivity contribution >= 4 is 22.5 Å². The molecule has 0 spiro atoms. The van der Waals surface area contributed by atoms with Crippen LogP contribution in [-0.2, 0) is 6.54 Å². The number of likely N-dealkylation sites (tertiary alicyclic amines) is 1. The molecule has 8 nitrogen and oxygen atoms in total. The van der Waals surface area contributed by atoms with E-state index in [1.807, 2.05) is 31.3 Å². The molecule has 0 aromatic carbocycles. The van der Waals surface area contributed by atoms with Crippen LogP contribution in [-0.4, -0.2) is 61.7 Å². The van der Waals surface area contributed by atoms with Crippen LogP contribution in [0, 0.1) is 18.3 Å². The van der Waals surface area contributed by atoms with Crippen LogP contribution in [0.15, 0.2) is 30.5 Å². The van der Waals surface area contributed by atoms with E-state index >= 15 is 0 Å². The molecule has 2 aliphatic heterocycles. The van der Waals surface area contributed by atoms with Crippen molar-refractivity contribution in [3.8, 4) is 6.07 Å². The number of aromatic nitrogens is 4. The molecule has 2 N–H and O–H groups in total. The molecule has 8 heteroatoms. The molecule has 154 valence electrons. The molecule has 0 aliphatic carbocycles. The van der Waals surface area contributed by atoms with Crippen molar-refractivity contribution in [2.75, 3.05) is 25.0 Å². The van der Waals surface area contributed by atoms with E-state index in [2.05, 4.69) is 42.4 Å². The zero-order valence-electron chi connectivity index (χ0n) is 17.2. The van der Waals surface area contributed by atoms with Gasteiger partial charge in [-0.1, -0.05) is 0 Å². The van der Waals surface area contributed by atoms with Gasteiger partial charge in [-0.2, -0.15) is 10.4 Å². The number of H-pyrrole nitrogens is 1. The van der Waals surface area contributed by atoms with Crippen LogP contribution in [0.1, 0.15) is 30.7 Å². The highest BCUT2D eigenvalue weighted by atomic mass is 15.3. The van der Waals surface area contributed by atoms with Crippen molar-refractivity contribution < 1.29 is 0 Å². The second-order valence-corrected chi connectivity index (χ2v) is 8.31. The number of pyridine rings is 2. The molecule has 0 radical (unpaired) electrons. The average Bonchev–Trinajstić information content (AvgIpc) is 3.25. The van der Waals surface area contributed by atoms with Gasteiger partial charge < -0.3 is 5.32 Å². The van der Waals surface area contributed by atoms with E-state index in [9.17, 15) is 0 Å². The summed E-state index contributed by atoms with van der Waals surface area (Å²) in [7, 11) is 0. The molecule has 2 atom stereocenters. The molecule has 2 aliphatic rings. The van der Waals surface area contributed by atoms with Crippen LogP contribution in [0.25, 0.3) is 10.9 Å². The maximum atomic E-state index is 8.96. The van der Waals surface area contributed by atoms with E-state index in [-0.39, 0.29) is 0 Å². The molecule has 3 aromatic rings. The molecule has 0 amide bonds. The average molecular weight is 403 g/mol. The lowest BCUT2D eigenvalue weighted by atomic mass is 10.1. The lowest BCUT2D eigenvalue weighted by Crippen LogP contribution is -2.53. The molecule has 0 saturated carbocycles. The third kappa shape index (κ3) is 3.74. The van der Waals surface area contributed by atoms with Crippen molar-refractivity contribution in [3.63, 3.8) is 0 Å². The van der Waals surface area contributed by atoms with Crippen LogP contribution in [0.3, 0.4) is 0 Å². The van der Waals surface area contributed by atoms with Gasteiger partial charge in [-0.15, -0.1) is 0 Å². The summed E-state index contributed by atoms with van der Waals surface area (Å²) in [5.41, 5.74) is 2.98. The van der Waals surface area contributed by atoms with Gasteiger partial charge in [0.25, 0.3) is 0 Å². The van der Waals surface area contributed by atoms with Gasteiger partial charge in [-0.25, -0.2) is 4.98 Å². The SMILES string of the molecule is Cc1cc(Nc2cc3ncccc3c(CN3CC4CCC(C3)N4CCC#N)n2)n[nH]1. The quantitative estimate of drug-likeness (QED) is 0.654. The van der Waals surface area contributed by atoms with Gasteiger partial charge in [0.15, 0.2) is 5.82 Å². The lowest BCUT2D eigenvalue weighted by Gasteiger charge is -2.40. The van der Waals surface area contributed by atoms with Crippen LogP contribution < -0.4 is 5.32 Å². The Morgan fingerprint density at radius 3 is 2.80 bits per heavy atom. The maximum Gasteiger partial charge on any atom is 0.153 e. The van der Waals surface area contributed by atoms with Crippen molar-refractivity contribution in [1.29, 1.82) is 5.26 Å². The Kier molecular flexibility index (Phi) is 5.07. The number of fused-ring (bicyclic) bond motifs is 3. The topological polar surface area (TPSA) is 96.8 Å². The number of aromatic amines is 1. The van der Waals surface area contributed by atoms with Gasteiger partial charge in [0.1, 0.15) is 5.82 Å². The minimum atomic E-state index is 0.551. The summed E-state index contributed by atoms with van der Waals surface area (Å²) in [6.07, 6.45) is 4.89. The van der Waals surface area contributed by atoms with Crippen molar-refractivity contribution in [1.82, 2.24) is 30.0 Å². The molecule has 5 rings (SSSR count). The number of piperazine rings is 1. The predicted molar refractivity (Wildman–Crippen MR) is 115 cm³/mol. The first-order valence-electron chi connectivity index (χ1n) is 10.6. The summed E-state index contributed by atoms with van der Waals surface area (Å²) < 4.78 is 0. The summed E-state index contributed by atoms with van der Waals surface area (Å²) >= 11 is 0. The molecule has 3 aromatic heterocycles. The molecule has 2 unspecified atom stereocenters. The molecule has 2 saturated heterocycles. The van der Waals surface area contributed by atoms with Crippen LogP contribution in [0.4, 0.5) is 11.6 Å². The zero-order valence-corrected chi connectivity index (χ0v) is 17.2. The fraction of sp³-hybridized carbons (Fsp3) is 0.455. The van der Waals surface area contributed by atoms with Gasteiger partial charge in [0, 0.05) is 74.1 Å². The summed E-state index contributed by atoms with van der Waals surface area (Å²) in [6, 6.07) is 11.4. The number of nitriles is 1. The van der Waals surface area contributed by atoms with E-state index < -0.39 is 0 Å². The number of aryl methyl sites for hydroxylation is 1. The number of hydrogen-bond donors (Lipinski definition) is 2. The van der Waals surface area contributed by atoms with Crippen LogP contribution in [0.2, 0.25) is 0 Å². The Hall–Kier alpha value is -3.02. The van der Waals surface area contributed by atoms with Crippen molar-refractivity contribution in [2.24, 2.45) is 0 Å². The summed E-state index contributed by atoms with van der Waals surface area (Å²) in [5.74, 6) is 1.52. The molecule has 5 heterocycles. The van der Waals surface area contributed by atoms with Crippen molar-refractivity contribution in [2.45, 2.75) is 44.8 Å². The normalized spacial score (nSPS) is 21.7. The van der Waals surface area contributed by atoms with E-state index in [1.165, 1.54) is 12.8 Å². The first-order valence-corrected chi connectivity index (χ1v) is 10.6. The molecule has 2 fully saturated rings. The largest absolute Gasteiger partial charge is 0.323 e. The lowest BCUT2D eigenvalue weighted by molar-refractivity contribution is 0.0639. The minimum Gasteiger partial charge on any atom is -0.323 e. The summed E-state index contributed by atoms with van der Waals surface area (Å²) in [6.45, 7) is 5.73. The van der Waals surface area contributed by atoms with E-state index in [4.69, 9.17) is 10.2 Å². The number of rotatable bonds is 6. The highest BCUT2D eigenvalue weighted by Crippen LogP contribution is 2.31. The van der Waals surface area contributed by atoms with E-state index in [1.54, 1.807) is 0 Å². The van der Waals surface area contributed by atoms with E-state index in [0.29, 0.717) is 18.5 Å². The van der Waals surface area contributed by atoms with Gasteiger partial charge in [0.05, 0.1) is 17.3 Å². The van der Waals surface area contributed by atoms with Gasteiger partial charge >= 0.3 is 0 Å². The first-order chi connectivity index (χ1) is 14.7. The zero-order chi connectivity index (χ0) is 20.5. The number of nitrogens with zero attached hydrogens (tertiary/aromatic N) is 6. The maximum absolute atomic E-state index is 8.96. The molecular formula is C22H26N8. The Labute approximate surface area is 175 Å². The second kappa shape index (κ2) is 8.01. The Morgan fingerprint density at radius 2 is 2.07 bits per heavy atom. The predicted octanol–water partition coefficient (Wildman–Crippen LogP) is 2.97. The fourth-order valence-corrected chi connectivity index (χ4v) is 4.90. The standard InChI is InChI=1S/C22H26N8/c1-15-10-22(28-27-15)26-21-11-19-18(4-2-8-24-19)20(25-21)14-29-12-16-5-6-17(13-29)30(16)9-3-7-23/h2,4,8,10-11,16-17H,3,5-6,9,12-14H2,1H3,(H2,25,26,27,28). The highest BCUT2D eigenvalue weighted by molar-refractivity contribution is 5.83. The second-order valence-electron chi connectivity index (χ2n) is 8.31. The van der Waals surface area contributed by atoms with Gasteiger partial charge in [0.2, 0.25) is 0 Å². The fourth-order valence-electron chi connectivity index (χ4n) is 4.90. The van der Waals surface area contributed by atoms with Gasteiger partial charge in [-0.3, -0.25) is 19.9 Å². The molecular weight excluding hydrogens is 376 g/mol. The number of hydrogen-bond acceptors (Lipinski definition) is 7. The number of nitrogens with one attached hydrogen (secondary N) is 2. The van der Waals surface area contributed by atoms with Gasteiger partial charge in [-0.05, 0) is 31.9 Å².